The van der Waals surface area contributed by atoms with Gasteiger partial charge in [0.05, 0.1) is 0 Å². The summed E-state index contributed by atoms with van der Waals surface area (Å²) in [6.07, 6.45) is 14.4. The van der Waals surface area contributed by atoms with Gasteiger partial charge in [0.15, 0.2) is 0 Å². The lowest BCUT2D eigenvalue weighted by atomic mass is 11.8. The van der Waals surface area contributed by atoms with Gasteiger partial charge in [-0.3, -0.25) is 0 Å². The fourth-order valence-electron chi connectivity index (χ4n) is 1.06. The lowest BCUT2D eigenvalue weighted by Crippen LogP contribution is -2.05. The number of hydrogen-bond acceptors (Lipinski definition) is 0. The van der Waals surface area contributed by atoms with Crippen LogP contribution < -0.4 is 0 Å². The highest BCUT2D eigenvalue weighted by Gasteiger charge is 2.11. The zero-order valence-electron chi connectivity index (χ0n) is 7.52. The summed E-state index contributed by atoms with van der Waals surface area (Å²) in [5.74, 6) is 0. The molecule has 0 bridgehead atoms. The van der Waals surface area contributed by atoms with Crippen molar-refractivity contribution in [3.8, 4) is 0 Å². The van der Waals surface area contributed by atoms with Crippen molar-refractivity contribution >= 4 is 20.1 Å². The van der Waals surface area contributed by atoms with E-state index in [0.29, 0.717) is 0 Å². The average molecular weight is 168 g/mol. The minimum absolute atomic E-state index is 0.245. The topological polar surface area (TPSA) is 0 Å². The lowest BCUT2D eigenvalue weighted by molar-refractivity contribution is 1.88. The van der Waals surface area contributed by atoms with E-state index in [1.54, 1.807) is 0 Å². The molecule has 9 heavy (non-hydrogen) atoms. The fourth-order valence-corrected chi connectivity index (χ4v) is 9.55. The van der Waals surface area contributed by atoms with Crippen molar-refractivity contribution in [2.45, 2.75) is 0 Å². The molecule has 0 spiro atoms. The van der Waals surface area contributed by atoms with E-state index >= 15 is 0 Å². The first kappa shape index (κ1) is 9.70. The predicted octanol–water partition coefficient (Wildman–Crippen LogP) is 2.33. The molecular formula is C7H20S2. The summed E-state index contributed by atoms with van der Waals surface area (Å²) < 4.78 is 0. The highest BCUT2D eigenvalue weighted by Crippen LogP contribution is 2.50. The first-order chi connectivity index (χ1) is 3.71. The van der Waals surface area contributed by atoms with Gasteiger partial charge in [-0.25, -0.2) is 20.1 Å². The molecule has 0 aliphatic carbocycles. The van der Waals surface area contributed by atoms with E-state index in [1.165, 1.54) is 5.08 Å². The largest absolute Gasteiger partial charge is 0.242 e. The Labute approximate surface area is 63.0 Å². The van der Waals surface area contributed by atoms with Crippen LogP contribution in [0.15, 0.2) is 0 Å². The SMILES string of the molecule is CS(C)(C)CS(C)(C)C. The zero-order valence-corrected chi connectivity index (χ0v) is 9.16. The molecule has 0 heterocycles. The molecule has 0 aliphatic rings. The molecule has 0 fully saturated rings. The van der Waals surface area contributed by atoms with Gasteiger partial charge >= 0.3 is 0 Å². The molecule has 0 unspecified atom stereocenters. The summed E-state index contributed by atoms with van der Waals surface area (Å²) in [5, 5.41) is 1.46. The van der Waals surface area contributed by atoms with Crippen LogP contribution in [0.25, 0.3) is 0 Å². The second kappa shape index (κ2) is 2.75. The third-order valence-corrected chi connectivity index (χ3v) is 6.36. The summed E-state index contributed by atoms with van der Waals surface area (Å²) in [5.41, 5.74) is 0. The van der Waals surface area contributed by atoms with Crippen LogP contribution in [0, 0.1) is 0 Å². The highest BCUT2D eigenvalue weighted by molar-refractivity contribution is 8.47. The lowest BCUT2D eigenvalue weighted by Gasteiger charge is -2.37. The molecule has 60 valence electrons. The van der Waals surface area contributed by atoms with Crippen LogP contribution in [0.1, 0.15) is 0 Å². The summed E-state index contributed by atoms with van der Waals surface area (Å²) in [4.78, 5) is 0. The predicted molar refractivity (Wildman–Crippen MR) is 55.6 cm³/mol. The van der Waals surface area contributed by atoms with Crippen molar-refractivity contribution in [3.05, 3.63) is 0 Å². The fraction of sp³-hybridized carbons (Fsp3) is 1.00. The first-order valence-corrected chi connectivity index (χ1v) is 9.08. The Morgan fingerprint density at radius 3 is 0.889 bits per heavy atom. The molecule has 0 nitrogen and oxygen atoms in total. The molecule has 0 N–H and O–H groups in total. The summed E-state index contributed by atoms with van der Waals surface area (Å²) in [6.45, 7) is 0. The average Bonchev–Trinajstić information content (AvgIpc) is 1.14. The third kappa shape index (κ3) is 8.70. The van der Waals surface area contributed by atoms with Gasteiger partial charge in [0.1, 0.15) is 0 Å². The summed E-state index contributed by atoms with van der Waals surface area (Å²) in [7, 11) is -0.490. The van der Waals surface area contributed by atoms with Crippen molar-refractivity contribution in [3.63, 3.8) is 0 Å². The molecule has 0 amide bonds. The highest BCUT2D eigenvalue weighted by atomic mass is 32.3. The van der Waals surface area contributed by atoms with Gasteiger partial charge in [-0.1, -0.05) is 0 Å². The van der Waals surface area contributed by atoms with Gasteiger partial charge in [-0.2, -0.15) is 0 Å². The maximum atomic E-state index is 2.39. The molecule has 0 atom stereocenters. The molecule has 0 aromatic rings. The molecule has 0 aromatic heterocycles. The second-order valence-electron chi connectivity index (χ2n) is 4.30. The van der Waals surface area contributed by atoms with Gasteiger partial charge < -0.3 is 0 Å². The summed E-state index contributed by atoms with van der Waals surface area (Å²) >= 11 is 0. The van der Waals surface area contributed by atoms with Crippen molar-refractivity contribution < 1.29 is 0 Å². The molecule has 0 radical (unpaired) electrons. The van der Waals surface area contributed by atoms with Gasteiger partial charge in [-0.05, 0) is 37.5 Å². The van der Waals surface area contributed by atoms with Crippen LogP contribution in [-0.4, -0.2) is 42.6 Å². The quantitative estimate of drug-likeness (QED) is 0.594. The molecule has 0 saturated heterocycles. The van der Waals surface area contributed by atoms with Crippen molar-refractivity contribution in [2.75, 3.05) is 42.6 Å². The smallest absolute Gasteiger partial charge is 0.00634 e. The second-order valence-corrected chi connectivity index (χ2v) is 13.6. The first-order valence-electron chi connectivity index (χ1n) is 3.03. The molecule has 0 aliphatic heterocycles. The van der Waals surface area contributed by atoms with Crippen LogP contribution in [0.5, 0.6) is 0 Å². The standard InChI is InChI=1S/C7H20S2/c1-8(2,3)7-9(4,5)6/h7H2,1-6H3. The van der Waals surface area contributed by atoms with E-state index in [2.05, 4.69) is 37.5 Å². The Hall–Kier alpha value is 0.700. The monoisotopic (exact) mass is 168 g/mol. The van der Waals surface area contributed by atoms with Gasteiger partial charge in [0.2, 0.25) is 0 Å². The van der Waals surface area contributed by atoms with E-state index < -0.39 is 0 Å². The summed E-state index contributed by atoms with van der Waals surface area (Å²) in [6, 6.07) is 0. The maximum absolute atomic E-state index is 2.39. The Bertz CT molecular complexity index is 72.1. The Morgan fingerprint density at radius 1 is 0.667 bits per heavy atom. The van der Waals surface area contributed by atoms with Crippen molar-refractivity contribution in [1.29, 1.82) is 0 Å². The van der Waals surface area contributed by atoms with Gasteiger partial charge in [0.25, 0.3) is 0 Å². The van der Waals surface area contributed by atoms with E-state index in [4.69, 9.17) is 0 Å². The van der Waals surface area contributed by atoms with Crippen LogP contribution in [0.3, 0.4) is 0 Å². The van der Waals surface area contributed by atoms with Crippen LogP contribution in [0.4, 0.5) is 0 Å². The zero-order chi connectivity index (χ0) is 7.71. The number of rotatable bonds is 2. The minimum Gasteiger partial charge on any atom is -0.242 e. The Kier molecular flexibility index (Phi) is 2.96. The normalized spacial score (nSPS) is 17.6. The van der Waals surface area contributed by atoms with Crippen molar-refractivity contribution in [1.82, 2.24) is 0 Å². The number of hydrogen-bond donors (Lipinski definition) is 0. The van der Waals surface area contributed by atoms with E-state index in [9.17, 15) is 0 Å². The van der Waals surface area contributed by atoms with Crippen LogP contribution >= 0.6 is 20.1 Å². The molecule has 0 aromatic carbocycles. The van der Waals surface area contributed by atoms with Crippen molar-refractivity contribution in [2.24, 2.45) is 0 Å². The van der Waals surface area contributed by atoms with Gasteiger partial charge in [0, 0.05) is 5.08 Å². The van der Waals surface area contributed by atoms with E-state index in [-0.39, 0.29) is 20.1 Å². The molecular weight excluding hydrogens is 148 g/mol. The Morgan fingerprint density at radius 2 is 0.889 bits per heavy atom. The molecule has 0 saturated carbocycles. The van der Waals surface area contributed by atoms with Gasteiger partial charge in [-0.15, -0.1) is 0 Å². The molecule has 0 rings (SSSR count). The minimum atomic E-state index is -0.245. The maximum Gasteiger partial charge on any atom is 0.00634 e. The molecule has 2 heteroatoms. The van der Waals surface area contributed by atoms with Crippen LogP contribution in [-0.2, 0) is 0 Å². The van der Waals surface area contributed by atoms with E-state index in [1.807, 2.05) is 0 Å². The Balaban J connectivity index is 3.75. The van der Waals surface area contributed by atoms with Crippen LogP contribution in [0.2, 0.25) is 0 Å². The third-order valence-electron chi connectivity index (χ3n) is 0.707. The van der Waals surface area contributed by atoms with E-state index in [0.717, 1.165) is 0 Å².